The van der Waals surface area contributed by atoms with Crippen molar-refractivity contribution in [1.82, 2.24) is 0 Å². The molecule has 84 valence electrons. The zero-order valence-electron chi connectivity index (χ0n) is 8.93. The van der Waals surface area contributed by atoms with E-state index < -0.39 is 12.0 Å². The first-order chi connectivity index (χ1) is 7.59. The monoisotopic (exact) mass is 219 g/mol. The van der Waals surface area contributed by atoms with Crippen molar-refractivity contribution < 1.29 is 14.3 Å². The van der Waals surface area contributed by atoms with Crippen LogP contribution in [0.25, 0.3) is 11.0 Å². The van der Waals surface area contributed by atoms with Crippen molar-refractivity contribution in [2.75, 3.05) is 0 Å². The number of rotatable bonds is 3. The van der Waals surface area contributed by atoms with Gasteiger partial charge in [0.05, 0.1) is 6.26 Å². The standard InChI is InChI=1S/C12H13NO3/c1-7-3-2-4-9-8(6-16-11(7)9)5-10(13)12(14)15/h2-4,6,10H,5,13H2,1H3,(H,14,15). The summed E-state index contributed by atoms with van der Waals surface area (Å²) in [4.78, 5) is 10.7. The Balaban J connectivity index is 2.39. The molecule has 3 N–H and O–H groups in total. The molecule has 2 rings (SSSR count). The van der Waals surface area contributed by atoms with Gasteiger partial charge >= 0.3 is 5.97 Å². The lowest BCUT2D eigenvalue weighted by atomic mass is 10.0. The van der Waals surface area contributed by atoms with Gasteiger partial charge in [-0.05, 0) is 12.5 Å². The lowest BCUT2D eigenvalue weighted by Gasteiger charge is -2.03. The number of hydrogen-bond acceptors (Lipinski definition) is 3. The second-order valence-electron chi connectivity index (χ2n) is 3.86. The van der Waals surface area contributed by atoms with E-state index in [0.717, 1.165) is 22.1 Å². The number of hydrogen-bond donors (Lipinski definition) is 2. The first-order valence-corrected chi connectivity index (χ1v) is 5.03. The van der Waals surface area contributed by atoms with Crippen LogP contribution in [0.1, 0.15) is 11.1 Å². The van der Waals surface area contributed by atoms with Crippen LogP contribution in [0.2, 0.25) is 0 Å². The van der Waals surface area contributed by atoms with E-state index in [-0.39, 0.29) is 6.42 Å². The van der Waals surface area contributed by atoms with Crippen molar-refractivity contribution in [2.24, 2.45) is 5.73 Å². The highest BCUT2D eigenvalue weighted by Crippen LogP contribution is 2.24. The molecule has 0 saturated carbocycles. The molecule has 0 saturated heterocycles. The summed E-state index contributed by atoms with van der Waals surface area (Å²) < 4.78 is 5.41. The van der Waals surface area contributed by atoms with Crippen LogP contribution in [0, 0.1) is 6.92 Å². The van der Waals surface area contributed by atoms with Gasteiger partial charge in [0, 0.05) is 17.4 Å². The van der Waals surface area contributed by atoms with Crippen molar-refractivity contribution in [3.05, 3.63) is 35.6 Å². The Bertz CT molecular complexity index is 530. The van der Waals surface area contributed by atoms with Gasteiger partial charge in [-0.3, -0.25) is 4.79 Å². The molecule has 0 amide bonds. The van der Waals surface area contributed by atoms with Gasteiger partial charge in [0.1, 0.15) is 11.6 Å². The van der Waals surface area contributed by atoms with E-state index in [1.807, 2.05) is 25.1 Å². The van der Waals surface area contributed by atoms with Crippen molar-refractivity contribution in [3.8, 4) is 0 Å². The van der Waals surface area contributed by atoms with Gasteiger partial charge in [0.15, 0.2) is 0 Å². The molecule has 0 fully saturated rings. The predicted octanol–water partition coefficient (Wildman–Crippen LogP) is 1.70. The molecule has 16 heavy (non-hydrogen) atoms. The highest BCUT2D eigenvalue weighted by Gasteiger charge is 2.16. The molecule has 0 bridgehead atoms. The van der Waals surface area contributed by atoms with E-state index in [1.165, 1.54) is 0 Å². The Kier molecular flexibility index (Phi) is 2.66. The minimum atomic E-state index is -0.998. The van der Waals surface area contributed by atoms with Crippen molar-refractivity contribution in [3.63, 3.8) is 0 Å². The van der Waals surface area contributed by atoms with Gasteiger partial charge < -0.3 is 15.3 Å². The van der Waals surface area contributed by atoms with Gasteiger partial charge in [0.25, 0.3) is 0 Å². The number of fused-ring (bicyclic) bond motifs is 1. The molecule has 4 nitrogen and oxygen atoms in total. The normalized spacial score (nSPS) is 12.9. The topological polar surface area (TPSA) is 76.5 Å². The smallest absolute Gasteiger partial charge is 0.320 e. The fourth-order valence-electron chi connectivity index (χ4n) is 1.74. The summed E-state index contributed by atoms with van der Waals surface area (Å²) in [7, 11) is 0. The van der Waals surface area contributed by atoms with E-state index in [9.17, 15) is 4.79 Å². The van der Waals surface area contributed by atoms with Crippen LogP contribution < -0.4 is 5.73 Å². The molecule has 0 aliphatic heterocycles. The Labute approximate surface area is 92.7 Å². The third kappa shape index (κ3) is 1.79. The number of nitrogens with two attached hydrogens (primary N) is 1. The molecule has 0 aliphatic rings. The highest BCUT2D eigenvalue weighted by atomic mass is 16.4. The maximum absolute atomic E-state index is 10.7. The van der Waals surface area contributed by atoms with E-state index in [4.69, 9.17) is 15.3 Å². The summed E-state index contributed by atoms with van der Waals surface area (Å²) >= 11 is 0. The molecule has 0 aliphatic carbocycles. The van der Waals surface area contributed by atoms with E-state index in [0.29, 0.717) is 0 Å². The second kappa shape index (κ2) is 3.98. The largest absolute Gasteiger partial charge is 0.480 e. The average molecular weight is 219 g/mol. The maximum Gasteiger partial charge on any atom is 0.320 e. The molecule has 0 spiro atoms. The zero-order valence-corrected chi connectivity index (χ0v) is 8.93. The third-order valence-electron chi connectivity index (χ3n) is 2.63. The number of para-hydroxylation sites is 1. The van der Waals surface area contributed by atoms with Crippen LogP contribution in [0.5, 0.6) is 0 Å². The number of furan rings is 1. The Morgan fingerprint density at radius 3 is 3.00 bits per heavy atom. The molecule has 1 aromatic heterocycles. The van der Waals surface area contributed by atoms with Crippen LogP contribution in [0.4, 0.5) is 0 Å². The van der Waals surface area contributed by atoms with Gasteiger partial charge in [0.2, 0.25) is 0 Å². The minimum Gasteiger partial charge on any atom is -0.480 e. The van der Waals surface area contributed by atoms with E-state index >= 15 is 0 Å². The Morgan fingerprint density at radius 2 is 2.31 bits per heavy atom. The maximum atomic E-state index is 10.7. The molecule has 4 heteroatoms. The summed E-state index contributed by atoms with van der Waals surface area (Å²) in [5.74, 6) is -0.998. The van der Waals surface area contributed by atoms with Crippen LogP contribution >= 0.6 is 0 Å². The van der Waals surface area contributed by atoms with Crippen molar-refractivity contribution >= 4 is 16.9 Å². The zero-order chi connectivity index (χ0) is 11.7. The van der Waals surface area contributed by atoms with Gasteiger partial charge in [-0.25, -0.2) is 0 Å². The number of aliphatic carboxylic acids is 1. The first kappa shape index (κ1) is 10.7. The molecule has 1 unspecified atom stereocenters. The van der Waals surface area contributed by atoms with Gasteiger partial charge in [-0.1, -0.05) is 18.2 Å². The predicted molar refractivity (Wildman–Crippen MR) is 60.3 cm³/mol. The Morgan fingerprint density at radius 1 is 1.56 bits per heavy atom. The molecule has 1 heterocycles. The van der Waals surface area contributed by atoms with Crippen molar-refractivity contribution in [1.29, 1.82) is 0 Å². The highest BCUT2D eigenvalue weighted by molar-refractivity contribution is 5.84. The fraction of sp³-hybridized carbons (Fsp3) is 0.250. The first-order valence-electron chi connectivity index (χ1n) is 5.03. The molecular weight excluding hydrogens is 206 g/mol. The third-order valence-corrected chi connectivity index (χ3v) is 2.63. The quantitative estimate of drug-likeness (QED) is 0.823. The SMILES string of the molecule is Cc1cccc2c(CC(N)C(=O)O)coc12. The lowest BCUT2D eigenvalue weighted by molar-refractivity contribution is -0.138. The summed E-state index contributed by atoms with van der Waals surface area (Å²) in [6, 6.07) is 4.90. The van der Waals surface area contributed by atoms with Gasteiger partial charge in [-0.2, -0.15) is 0 Å². The van der Waals surface area contributed by atoms with Crippen LogP contribution in [-0.4, -0.2) is 17.1 Å². The molecule has 1 aromatic carbocycles. The summed E-state index contributed by atoms with van der Waals surface area (Å²) in [6.07, 6.45) is 1.87. The minimum absolute atomic E-state index is 0.284. The number of benzene rings is 1. The number of carboxylic acid groups (broad SMARTS) is 1. The fourth-order valence-corrected chi connectivity index (χ4v) is 1.74. The number of carboxylic acids is 1. The van der Waals surface area contributed by atoms with Gasteiger partial charge in [-0.15, -0.1) is 0 Å². The summed E-state index contributed by atoms with van der Waals surface area (Å²) in [5.41, 5.74) is 8.17. The molecule has 0 radical (unpaired) electrons. The molecule has 1 atom stereocenters. The lowest BCUT2D eigenvalue weighted by Crippen LogP contribution is -2.32. The average Bonchev–Trinajstić information content (AvgIpc) is 2.63. The molecule has 2 aromatic rings. The number of carbonyl (C=O) groups is 1. The number of aryl methyl sites for hydroxylation is 1. The second-order valence-corrected chi connectivity index (χ2v) is 3.86. The van der Waals surface area contributed by atoms with Crippen molar-refractivity contribution in [2.45, 2.75) is 19.4 Å². The summed E-state index contributed by atoms with van der Waals surface area (Å²) in [5, 5.41) is 9.69. The van der Waals surface area contributed by atoms with Crippen LogP contribution in [-0.2, 0) is 11.2 Å². The summed E-state index contributed by atoms with van der Waals surface area (Å²) in [6.45, 7) is 1.95. The van der Waals surface area contributed by atoms with Crippen LogP contribution in [0.15, 0.2) is 28.9 Å². The van der Waals surface area contributed by atoms with E-state index in [1.54, 1.807) is 6.26 Å². The Hall–Kier alpha value is -1.81. The van der Waals surface area contributed by atoms with E-state index in [2.05, 4.69) is 0 Å². The van der Waals surface area contributed by atoms with Crippen LogP contribution in [0.3, 0.4) is 0 Å². The molecular formula is C12H13NO3.